The third-order valence-electron chi connectivity index (χ3n) is 6.09. The Labute approximate surface area is 208 Å². The highest BCUT2D eigenvalue weighted by atomic mass is 16.8. The maximum Gasteiger partial charge on any atom is 0.340 e. The first kappa shape index (κ1) is 26.0. The second-order valence-electron chi connectivity index (χ2n) is 8.59. The zero-order chi connectivity index (χ0) is 25.8. The lowest BCUT2D eigenvalue weighted by molar-refractivity contribution is -0.297. The Balaban J connectivity index is 1.72. The molecule has 1 fully saturated rings. The standard InChI is InChI=1S/C26H29NO9/c1-14(28)27-20-23(31)22(30)17(13-33-2)34-26(20)36-25-18(15-9-5-3-6-10-15)19(24(32)35-25)21(29)16-11-7-4-8-12-16/h3-12,17,20-23,25-26,29-31H,13H2,1-2H3,(H,27,28)/t17-,20+,21+,22-,23-,25-,26+/m0/s1. The number of esters is 1. The number of rotatable bonds is 8. The Kier molecular flexibility index (Phi) is 8.14. The summed E-state index contributed by atoms with van der Waals surface area (Å²) in [4.78, 5) is 24.9. The summed E-state index contributed by atoms with van der Waals surface area (Å²) in [5.41, 5.74) is 1.34. The van der Waals surface area contributed by atoms with Gasteiger partial charge in [-0.2, -0.15) is 0 Å². The van der Waals surface area contributed by atoms with Gasteiger partial charge in [0.1, 0.15) is 30.5 Å². The van der Waals surface area contributed by atoms with E-state index in [0.717, 1.165) is 0 Å². The minimum absolute atomic E-state index is 0.00156. The van der Waals surface area contributed by atoms with Gasteiger partial charge in [-0.15, -0.1) is 0 Å². The molecule has 1 amide bonds. The summed E-state index contributed by atoms with van der Waals surface area (Å²) in [6.45, 7) is 1.19. The van der Waals surface area contributed by atoms with E-state index in [9.17, 15) is 24.9 Å². The van der Waals surface area contributed by atoms with Crippen molar-refractivity contribution in [1.29, 1.82) is 0 Å². The lowest BCUT2D eigenvalue weighted by atomic mass is 9.93. The lowest BCUT2D eigenvalue weighted by Gasteiger charge is -2.43. The normalized spacial score (nSPS) is 29.1. The van der Waals surface area contributed by atoms with E-state index in [0.29, 0.717) is 11.1 Å². The van der Waals surface area contributed by atoms with Gasteiger partial charge < -0.3 is 39.6 Å². The molecular weight excluding hydrogens is 470 g/mol. The number of aliphatic hydroxyl groups is 3. The van der Waals surface area contributed by atoms with Gasteiger partial charge in [-0.1, -0.05) is 60.7 Å². The minimum atomic E-state index is -1.46. The van der Waals surface area contributed by atoms with E-state index in [1.165, 1.54) is 14.0 Å². The molecule has 2 aromatic carbocycles. The van der Waals surface area contributed by atoms with Crippen LogP contribution in [0, 0.1) is 0 Å². The molecule has 0 radical (unpaired) electrons. The highest BCUT2D eigenvalue weighted by molar-refractivity contribution is 6.03. The lowest BCUT2D eigenvalue weighted by Crippen LogP contribution is -2.65. The van der Waals surface area contributed by atoms with Crippen LogP contribution in [0.15, 0.2) is 66.2 Å². The predicted octanol–water partition coefficient (Wildman–Crippen LogP) is 0.671. The molecule has 192 valence electrons. The summed E-state index contributed by atoms with van der Waals surface area (Å²) in [6, 6.07) is 16.3. The average molecular weight is 500 g/mol. The molecule has 0 aliphatic carbocycles. The molecule has 10 nitrogen and oxygen atoms in total. The predicted molar refractivity (Wildman–Crippen MR) is 126 cm³/mol. The van der Waals surface area contributed by atoms with Crippen LogP contribution in [0.5, 0.6) is 0 Å². The molecule has 1 saturated heterocycles. The Bertz CT molecular complexity index is 1090. The number of aliphatic hydroxyl groups excluding tert-OH is 3. The van der Waals surface area contributed by atoms with Crippen molar-refractivity contribution in [2.75, 3.05) is 13.7 Å². The fraction of sp³-hybridized carbons (Fsp3) is 0.385. The number of benzene rings is 2. The summed E-state index contributed by atoms with van der Waals surface area (Å²) < 4.78 is 22.5. The first-order valence-electron chi connectivity index (χ1n) is 11.5. The van der Waals surface area contributed by atoms with Crippen molar-refractivity contribution in [3.8, 4) is 0 Å². The smallest absolute Gasteiger partial charge is 0.340 e. The molecule has 2 aliphatic rings. The zero-order valence-corrected chi connectivity index (χ0v) is 19.8. The van der Waals surface area contributed by atoms with E-state index in [2.05, 4.69) is 5.32 Å². The number of cyclic esters (lactones) is 1. The quantitative estimate of drug-likeness (QED) is 0.385. The van der Waals surface area contributed by atoms with Gasteiger partial charge in [0.05, 0.1) is 12.2 Å². The number of carbonyl (C=O) groups excluding carboxylic acids is 2. The molecule has 0 bridgehead atoms. The molecule has 4 rings (SSSR count). The summed E-state index contributed by atoms with van der Waals surface area (Å²) >= 11 is 0. The number of carbonyl (C=O) groups is 2. The molecule has 7 atom stereocenters. The Morgan fingerprint density at radius 1 is 1.06 bits per heavy atom. The van der Waals surface area contributed by atoms with E-state index in [1.54, 1.807) is 60.7 Å². The molecule has 10 heteroatoms. The van der Waals surface area contributed by atoms with Crippen LogP contribution in [0.25, 0.3) is 5.57 Å². The van der Waals surface area contributed by atoms with Crippen molar-refractivity contribution in [1.82, 2.24) is 5.32 Å². The van der Waals surface area contributed by atoms with Gasteiger partial charge in [0.25, 0.3) is 0 Å². The second-order valence-corrected chi connectivity index (χ2v) is 8.59. The topological polar surface area (TPSA) is 144 Å². The van der Waals surface area contributed by atoms with Gasteiger partial charge in [0.15, 0.2) is 6.29 Å². The number of methoxy groups -OCH3 is 1. The Hall–Kier alpha value is -3.12. The van der Waals surface area contributed by atoms with Crippen molar-refractivity contribution in [2.24, 2.45) is 0 Å². The van der Waals surface area contributed by atoms with Gasteiger partial charge in [-0.25, -0.2) is 4.79 Å². The van der Waals surface area contributed by atoms with E-state index in [4.69, 9.17) is 18.9 Å². The van der Waals surface area contributed by atoms with Crippen LogP contribution >= 0.6 is 0 Å². The van der Waals surface area contributed by atoms with Gasteiger partial charge >= 0.3 is 5.97 Å². The molecule has 36 heavy (non-hydrogen) atoms. The molecular formula is C26H29NO9. The van der Waals surface area contributed by atoms with Crippen LogP contribution < -0.4 is 5.32 Å². The first-order valence-corrected chi connectivity index (χ1v) is 11.5. The third kappa shape index (κ3) is 5.34. The number of hydrogen-bond donors (Lipinski definition) is 4. The molecule has 0 aromatic heterocycles. The zero-order valence-electron chi connectivity index (χ0n) is 19.8. The van der Waals surface area contributed by atoms with Crippen LogP contribution in [0.4, 0.5) is 0 Å². The highest BCUT2D eigenvalue weighted by Gasteiger charge is 2.49. The summed E-state index contributed by atoms with van der Waals surface area (Å²) in [5.74, 6) is -1.27. The number of amides is 1. The summed E-state index contributed by atoms with van der Waals surface area (Å²) in [6.07, 6.45) is -7.75. The molecule has 4 N–H and O–H groups in total. The van der Waals surface area contributed by atoms with Gasteiger partial charge in [-0.05, 0) is 11.1 Å². The van der Waals surface area contributed by atoms with Gasteiger partial charge in [0.2, 0.25) is 12.2 Å². The number of nitrogens with one attached hydrogen (secondary N) is 1. The minimum Gasteiger partial charge on any atom is -0.428 e. The molecule has 0 saturated carbocycles. The number of ether oxygens (including phenoxy) is 4. The third-order valence-corrected chi connectivity index (χ3v) is 6.09. The summed E-state index contributed by atoms with van der Waals surface area (Å²) in [5, 5.41) is 34.8. The average Bonchev–Trinajstić information content (AvgIpc) is 3.20. The van der Waals surface area contributed by atoms with Crippen LogP contribution in [0.1, 0.15) is 24.2 Å². The molecule has 0 unspecified atom stereocenters. The van der Waals surface area contributed by atoms with Crippen molar-refractivity contribution >= 4 is 17.4 Å². The number of hydrogen-bond acceptors (Lipinski definition) is 9. The van der Waals surface area contributed by atoms with E-state index in [1.807, 2.05) is 0 Å². The van der Waals surface area contributed by atoms with E-state index in [-0.39, 0.29) is 17.8 Å². The fourth-order valence-corrected chi connectivity index (χ4v) is 4.38. The molecule has 2 aromatic rings. The van der Waals surface area contributed by atoms with E-state index >= 15 is 0 Å². The monoisotopic (exact) mass is 499 g/mol. The second kappa shape index (κ2) is 11.3. The van der Waals surface area contributed by atoms with Crippen LogP contribution in [0.3, 0.4) is 0 Å². The van der Waals surface area contributed by atoms with Gasteiger partial charge in [-0.3, -0.25) is 4.79 Å². The fourth-order valence-electron chi connectivity index (χ4n) is 4.38. The first-order chi connectivity index (χ1) is 17.3. The highest BCUT2D eigenvalue weighted by Crippen LogP contribution is 2.40. The Morgan fingerprint density at radius 2 is 1.69 bits per heavy atom. The maximum atomic E-state index is 13.0. The molecule has 2 aliphatic heterocycles. The molecule has 0 spiro atoms. The molecule has 2 heterocycles. The summed E-state index contributed by atoms with van der Waals surface area (Å²) in [7, 11) is 1.41. The van der Waals surface area contributed by atoms with Crippen molar-refractivity contribution in [2.45, 2.75) is 50.0 Å². The van der Waals surface area contributed by atoms with Crippen LogP contribution in [-0.2, 0) is 28.5 Å². The van der Waals surface area contributed by atoms with Crippen molar-refractivity contribution in [3.63, 3.8) is 0 Å². The van der Waals surface area contributed by atoms with E-state index < -0.39 is 54.9 Å². The maximum absolute atomic E-state index is 13.0. The Morgan fingerprint density at radius 3 is 2.31 bits per heavy atom. The largest absolute Gasteiger partial charge is 0.428 e. The van der Waals surface area contributed by atoms with Gasteiger partial charge in [0, 0.05) is 19.6 Å². The van der Waals surface area contributed by atoms with Crippen molar-refractivity contribution < 1.29 is 43.9 Å². The van der Waals surface area contributed by atoms with Crippen LogP contribution in [-0.4, -0.2) is 77.8 Å². The van der Waals surface area contributed by atoms with Crippen LogP contribution in [0.2, 0.25) is 0 Å². The SMILES string of the molecule is COC[C@@H]1O[C@H](O[C@@H]2OC(=O)C([C@H](O)c3ccccc3)=C2c2ccccc2)[C@H](NC(C)=O)[C@H](O)[C@H]1O. The van der Waals surface area contributed by atoms with Crippen molar-refractivity contribution in [3.05, 3.63) is 77.4 Å².